The fourth-order valence-electron chi connectivity index (χ4n) is 3.15. The molecule has 0 bridgehead atoms. The highest BCUT2D eigenvalue weighted by Gasteiger charge is 2.31. The summed E-state index contributed by atoms with van der Waals surface area (Å²) >= 11 is 6.59. The summed E-state index contributed by atoms with van der Waals surface area (Å²) in [6.45, 7) is 2.81. The minimum atomic E-state index is -0.811. The Morgan fingerprint density at radius 2 is 1.91 bits per heavy atom. The molecule has 1 heterocycles. The number of thiocarbonyl (C=S) groups is 1. The summed E-state index contributed by atoms with van der Waals surface area (Å²) in [6, 6.07) is 12.9. The SMILES string of the molecule is Cc1ccc(COc2cc(/C=C3/SC(=S)N(CCCCCC(=O)O)C3=O)ccc2O)cc1. The van der Waals surface area contributed by atoms with Crippen molar-refractivity contribution in [3.63, 3.8) is 0 Å². The maximum absolute atomic E-state index is 12.8. The number of phenolic OH excluding ortho intramolecular Hbond substituents is 1. The summed E-state index contributed by atoms with van der Waals surface area (Å²) in [7, 11) is 0. The Labute approximate surface area is 196 Å². The molecular formula is C24H25NO5S2. The monoisotopic (exact) mass is 471 g/mol. The van der Waals surface area contributed by atoms with Crippen LogP contribution in [-0.2, 0) is 16.2 Å². The zero-order valence-corrected chi connectivity index (χ0v) is 19.4. The molecule has 0 unspecified atom stereocenters. The number of aliphatic carboxylic acids is 1. The predicted molar refractivity (Wildman–Crippen MR) is 130 cm³/mol. The molecule has 0 aromatic heterocycles. The average Bonchev–Trinajstić information content (AvgIpc) is 3.02. The highest BCUT2D eigenvalue weighted by molar-refractivity contribution is 8.26. The minimum absolute atomic E-state index is 0.0307. The Morgan fingerprint density at radius 3 is 2.62 bits per heavy atom. The van der Waals surface area contributed by atoms with E-state index in [0.717, 1.165) is 23.1 Å². The van der Waals surface area contributed by atoms with E-state index in [2.05, 4.69) is 0 Å². The van der Waals surface area contributed by atoms with Crippen molar-refractivity contribution in [2.24, 2.45) is 0 Å². The van der Waals surface area contributed by atoms with Crippen LogP contribution in [0, 0.1) is 6.92 Å². The van der Waals surface area contributed by atoms with E-state index < -0.39 is 5.97 Å². The van der Waals surface area contributed by atoms with Gasteiger partial charge in [-0.05, 0) is 49.1 Å². The van der Waals surface area contributed by atoms with Crippen molar-refractivity contribution in [2.45, 2.75) is 39.2 Å². The molecule has 0 saturated carbocycles. The maximum Gasteiger partial charge on any atom is 0.303 e. The summed E-state index contributed by atoms with van der Waals surface area (Å²) in [5, 5.41) is 18.8. The predicted octanol–water partition coefficient (Wildman–Crippen LogP) is 5.13. The fourth-order valence-corrected chi connectivity index (χ4v) is 4.46. The highest BCUT2D eigenvalue weighted by atomic mass is 32.2. The van der Waals surface area contributed by atoms with Gasteiger partial charge in [-0.1, -0.05) is 66.3 Å². The van der Waals surface area contributed by atoms with Crippen LogP contribution in [0.15, 0.2) is 47.4 Å². The van der Waals surface area contributed by atoms with Crippen molar-refractivity contribution in [3.8, 4) is 11.5 Å². The van der Waals surface area contributed by atoms with E-state index in [4.69, 9.17) is 22.1 Å². The number of hydrogen-bond donors (Lipinski definition) is 2. The molecule has 8 heteroatoms. The lowest BCUT2D eigenvalue weighted by atomic mass is 10.1. The third-order valence-corrected chi connectivity index (χ3v) is 6.32. The Kier molecular flexibility index (Phi) is 8.30. The van der Waals surface area contributed by atoms with E-state index in [9.17, 15) is 14.7 Å². The van der Waals surface area contributed by atoms with Crippen LogP contribution in [0.25, 0.3) is 6.08 Å². The molecule has 2 N–H and O–H groups in total. The molecule has 0 aliphatic carbocycles. The lowest BCUT2D eigenvalue weighted by Crippen LogP contribution is -2.29. The zero-order chi connectivity index (χ0) is 23.1. The van der Waals surface area contributed by atoms with Gasteiger partial charge in [0.1, 0.15) is 10.9 Å². The summed E-state index contributed by atoms with van der Waals surface area (Å²) in [4.78, 5) is 25.4. The molecule has 32 heavy (non-hydrogen) atoms. The first-order valence-electron chi connectivity index (χ1n) is 10.3. The number of aromatic hydroxyl groups is 1. The van der Waals surface area contributed by atoms with Crippen LogP contribution in [0.3, 0.4) is 0 Å². The van der Waals surface area contributed by atoms with E-state index in [-0.39, 0.29) is 18.1 Å². The van der Waals surface area contributed by atoms with E-state index in [1.54, 1.807) is 29.2 Å². The number of aryl methyl sites for hydroxylation is 1. The number of ether oxygens (including phenoxy) is 1. The molecule has 0 spiro atoms. The Morgan fingerprint density at radius 1 is 1.16 bits per heavy atom. The third kappa shape index (κ3) is 6.58. The summed E-state index contributed by atoms with van der Waals surface area (Å²) in [5.74, 6) is -0.598. The molecule has 2 aromatic rings. The van der Waals surface area contributed by atoms with E-state index in [0.29, 0.717) is 41.0 Å². The molecule has 0 radical (unpaired) electrons. The van der Waals surface area contributed by atoms with Crippen LogP contribution < -0.4 is 4.74 Å². The van der Waals surface area contributed by atoms with Gasteiger partial charge < -0.3 is 14.9 Å². The maximum atomic E-state index is 12.8. The normalized spacial score (nSPS) is 14.9. The number of amides is 1. The minimum Gasteiger partial charge on any atom is -0.504 e. The largest absolute Gasteiger partial charge is 0.504 e. The van der Waals surface area contributed by atoms with Gasteiger partial charge in [0.25, 0.3) is 5.91 Å². The van der Waals surface area contributed by atoms with Crippen molar-refractivity contribution < 1.29 is 24.5 Å². The Balaban J connectivity index is 1.62. The molecule has 1 amide bonds. The number of carboxylic acids is 1. The van der Waals surface area contributed by atoms with Gasteiger partial charge in [0, 0.05) is 13.0 Å². The van der Waals surface area contributed by atoms with Gasteiger partial charge in [-0.2, -0.15) is 0 Å². The number of unbranched alkanes of at least 4 members (excludes halogenated alkanes) is 2. The lowest BCUT2D eigenvalue weighted by Gasteiger charge is -2.13. The number of carbonyl (C=O) groups excluding carboxylic acids is 1. The van der Waals surface area contributed by atoms with Crippen molar-refractivity contribution in [1.29, 1.82) is 0 Å². The van der Waals surface area contributed by atoms with E-state index >= 15 is 0 Å². The smallest absolute Gasteiger partial charge is 0.303 e. The van der Waals surface area contributed by atoms with Gasteiger partial charge in [-0.3, -0.25) is 14.5 Å². The average molecular weight is 472 g/mol. The molecule has 1 fully saturated rings. The van der Waals surface area contributed by atoms with Crippen molar-refractivity contribution in [2.75, 3.05) is 6.54 Å². The first-order chi connectivity index (χ1) is 15.3. The lowest BCUT2D eigenvalue weighted by molar-refractivity contribution is -0.137. The second-order valence-corrected chi connectivity index (χ2v) is 9.21. The van der Waals surface area contributed by atoms with Crippen LogP contribution in [0.5, 0.6) is 11.5 Å². The molecule has 1 aliphatic heterocycles. The molecule has 6 nitrogen and oxygen atoms in total. The molecule has 3 rings (SSSR count). The number of hydrogen-bond acceptors (Lipinski definition) is 6. The van der Waals surface area contributed by atoms with Crippen molar-refractivity contribution in [3.05, 3.63) is 64.1 Å². The number of thioether (sulfide) groups is 1. The number of carbonyl (C=O) groups is 2. The summed E-state index contributed by atoms with van der Waals surface area (Å²) in [6.07, 6.45) is 3.87. The zero-order valence-electron chi connectivity index (χ0n) is 17.7. The van der Waals surface area contributed by atoms with Gasteiger partial charge in [-0.15, -0.1) is 0 Å². The molecule has 1 aliphatic rings. The fraction of sp³-hybridized carbons (Fsp3) is 0.292. The molecule has 2 aromatic carbocycles. The van der Waals surface area contributed by atoms with Gasteiger partial charge in [0.05, 0.1) is 4.91 Å². The summed E-state index contributed by atoms with van der Waals surface area (Å²) < 4.78 is 6.28. The third-order valence-electron chi connectivity index (χ3n) is 4.94. The standard InChI is InChI=1S/C24H25NO5S2/c1-16-6-8-17(9-7-16)15-30-20-13-18(10-11-19(20)26)14-21-23(29)25(24(31)32-21)12-4-2-3-5-22(27)28/h6-11,13-14,26H,2-5,12,15H2,1H3,(H,27,28)/b21-14+. The first kappa shape index (κ1) is 23.8. The van der Waals surface area contributed by atoms with Crippen LogP contribution in [0.2, 0.25) is 0 Å². The Bertz CT molecular complexity index is 1030. The van der Waals surface area contributed by atoms with Gasteiger partial charge >= 0.3 is 5.97 Å². The van der Waals surface area contributed by atoms with E-state index in [1.165, 1.54) is 11.8 Å². The van der Waals surface area contributed by atoms with Crippen LogP contribution in [-0.4, -0.2) is 37.9 Å². The molecule has 0 atom stereocenters. The van der Waals surface area contributed by atoms with Gasteiger partial charge in [-0.25, -0.2) is 0 Å². The van der Waals surface area contributed by atoms with Gasteiger partial charge in [0.2, 0.25) is 0 Å². The number of benzene rings is 2. The van der Waals surface area contributed by atoms with Crippen LogP contribution in [0.4, 0.5) is 0 Å². The van der Waals surface area contributed by atoms with Gasteiger partial charge in [0.15, 0.2) is 11.5 Å². The quantitative estimate of drug-likeness (QED) is 0.282. The topological polar surface area (TPSA) is 87.1 Å². The summed E-state index contributed by atoms with van der Waals surface area (Å²) in [5.41, 5.74) is 2.88. The second kappa shape index (κ2) is 11.2. The Hall–Kier alpha value is -2.84. The molecular weight excluding hydrogens is 446 g/mol. The van der Waals surface area contributed by atoms with Crippen molar-refractivity contribution >= 4 is 46.3 Å². The molecule has 168 valence electrons. The first-order valence-corrected chi connectivity index (χ1v) is 11.5. The van der Waals surface area contributed by atoms with Crippen molar-refractivity contribution in [1.82, 2.24) is 4.90 Å². The number of nitrogens with zero attached hydrogens (tertiary/aromatic N) is 1. The second-order valence-electron chi connectivity index (χ2n) is 7.54. The number of phenols is 1. The highest BCUT2D eigenvalue weighted by Crippen LogP contribution is 2.35. The van der Waals surface area contributed by atoms with E-state index in [1.807, 2.05) is 31.2 Å². The number of carboxylic acid groups (broad SMARTS) is 1. The van der Waals surface area contributed by atoms with Crippen LogP contribution >= 0.6 is 24.0 Å². The van der Waals surface area contributed by atoms with Crippen LogP contribution in [0.1, 0.15) is 42.4 Å². The molecule has 1 saturated heterocycles. The number of rotatable bonds is 10.